The Morgan fingerprint density at radius 2 is 1.72 bits per heavy atom. The first kappa shape index (κ1) is 26.9. The molecule has 3 atom stereocenters. The summed E-state index contributed by atoms with van der Waals surface area (Å²) < 4.78 is 39.9. The lowest BCUT2D eigenvalue weighted by atomic mass is 10.0. The van der Waals surface area contributed by atoms with Crippen molar-refractivity contribution < 1.29 is 22.7 Å². The van der Waals surface area contributed by atoms with Gasteiger partial charge in [0, 0.05) is 56.9 Å². The van der Waals surface area contributed by atoms with Crippen LogP contribution in [-0.4, -0.2) is 117 Å². The Morgan fingerprint density at radius 1 is 1.00 bits per heavy atom. The number of carbonyl (C=O) groups is 1. The van der Waals surface area contributed by atoms with E-state index >= 15 is 0 Å². The fourth-order valence-electron chi connectivity index (χ4n) is 6.63. The van der Waals surface area contributed by atoms with Gasteiger partial charge in [-0.25, -0.2) is 8.42 Å². The predicted octanol–water partition coefficient (Wildman–Crippen LogP) is 2.06. The van der Waals surface area contributed by atoms with Gasteiger partial charge in [0.1, 0.15) is 0 Å². The molecule has 0 N–H and O–H groups in total. The van der Waals surface area contributed by atoms with E-state index in [1.807, 2.05) is 16.8 Å². The Kier molecular flexibility index (Phi) is 7.53. The highest BCUT2D eigenvalue weighted by atomic mass is 32.2. The molecule has 0 bridgehead atoms. The topological polar surface area (TPSA) is 97.2 Å². The van der Waals surface area contributed by atoms with Gasteiger partial charge in [-0.3, -0.25) is 19.3 Å². The van der Waals surface area contributed by atoms with Crippen LogP contribution in [0.2, 0.25) is 0 Å². The summed E-state index contributed by atoms with van der Waals surface area (Å²) in [6.07, 6.45) is 2.47. The first-order valence-electron chi connectivity index (χ1n) is 14.2. The molecule has 0 saturated carbocycles. The summed E-state index contributed by atoms with van der Waals surface area (Å²) >= 11 is 0. The van der Waals surface area contributed by atoms with E-state index < -0.39 is 9.84 Å². The summed E-state index contributed by atoms with van der Waals surface area (Å²) in [7, 11) is -3.58. The number of piperidine rings is 1. The quantitative estimate of drug-likeness (QED) is 0.551. The van der Waals surface area contributed by atoms with Crippen LogP contribution in [0.25, 0.3) is 11.3 Å². The Balaban J connectivity index is 1.30. The van der Waals surface area contributed by atoms with Crippen molar-refractivity contribution in [2.24, 2.45) is 0 Å². The summed E-state index contributed by atoms with van der Waals surface area (Å²) in [6.45, 7) is 11.9. The maximum absolute atomic E-state index is 13.7. The van der Waals surface area contributed by atoms with Crippen molar-refractivity contribution >= 4 is 15.7 Å². The maximum atomic E-state index is 13.7. The normalized spacial score (nSPS) is 27.6. The number of sulfone groups is 1. The minimum absolute atomic E-state index is 0.0649. The van der Waals surface area contributed by atoms with Crippen molar-refractivity contribution in [2.45, 2.75) is 55.6 Å². The molecule has 1 amide bonds. The zero-order chi connectivity index (χ0) is 27.1. The van der Waals surface area contributed by atoms with E-state index in [1.54, 1.807) is 17.0 Å². The van der Waals surface area contributed by atoms with Gasteiger partial charge >= 0.3 is 0 Å². The molecule has 11 heteroatoms. The first-order chi connectivity index (χ1) is 18.8. The Hall–Kier alpha value is -2.31. The lowest BCUT2D eigenvalue weighted by molar-refractivity contribution is -0.0698. The average molecular weight is 558 g/mol. The van der Waals surface area contributed by atoms with Gasteiger partial charge in [-0.2, -0.15) is 5.10 Å². The smallest absolute Gasteiger partial charge is 0.274 e. The average Bonchev–Trinajstić information content (AvgIpc) is 3.30. The molecule has 3 fully saturated rings. The van der Waals surface area contributed by atoms with Crippen molar-refractivity contribution in [3.8, 4) is 11.3 Å². The van der Waals surface area contributed by atoms with Gasteiger partial charge in [0.25, 0.3) is 5.91 Å². The largest absolute Gasteiger partial charge is 0.378 e. The van der Waals surface area contributed by atoms with Gasteiger partial charge in [-0.05, 0) is 39.3 Å². The standard InChI is InChI=1S/C28H39N5O5S/c1-20-16-31(17-21(2)38-20)11-10-30-9-5-6-22(18-30)33-27-23-7-3-4-8-25(23)39(35,36)19-24(27)26(29-33)28(34)32-12-14-37-15-13-32/h3-4,7-8,20-22H,5-6,9-19H2,1-2H3/t20-,21+,22-/m0/s1. The van der Waals surface area contributed by atoms with Crippen LogP contribution in [0, 0.1) is 0 Å². The molecule has 4 aliphatic heterocycles. The van der Waals surface area contributed by atoms with Gasteiger partial charge in [0.05, 0.1) is 47.8 Å². The molecule has 2 aromatic rings. The maximum Gasteiger partial charge on any atom is 0.274 e. The molecule has 39 heavy (non-hydrogen) atoms. The van der Waals surface area contributed by atoms with Crippen LogP contribution in [0.4, 0.5) is 0 Å². The Labute approximate surface area is 230 Å². The van der Waals surface area contributed by atoms with Crippen molar-refractivity contribution in [1.82, 2.24) is 24.5 Å². The lowest BCUT2D eigenvalue weighted by Gasteiger charge is -2.38. The number of aromatic nitrogens is 2. The fraction of sp³-hybridized carbons (Fsp3) is 0.643. The molecule has 212 valence electrons. The SMILES string of the molecule is C[C@@H]1CN(CCN2CCC[C@H](n3nc(C(=O)N4CCOCC4)c4c3-c3ccccc3S(=O)(=O)C4)C2)C[C@H](C)O1. The van der Waals surface area contributed by atoms with Gasteiger partial charge in [0.2, 0.25) is 0 Å². The second-order valence-electron chi connectivity index (χ2n) is 11.4. The molecular weight excluding hydrogens is 518 g/mol. The number of carbonyl (C=O) groups excluding carboxylic acids is 1. The summed E-state index contributed by atoms with van der Waals surface area (Å²) in [6, 6.07) is 7.22. The summed E-state index contributed by atoms with van der Waals surface area (Å²) in [5.41, 5.74) is 2.26. The van der Waals surface area contributed by atoms with E-state index in [9.17, 15) is 13.2 Å². The predicted molar refractivity (Wildman–Crippen MR) is 146 cm³/mol. The molecule has 10 nitrogen and oxygen atoms in total. The number of ether oxygens (including phenoxy) is 2. The first-order valence-corrected chi connectivity index (χ1v) is 15.9. The van der Waals surface area contributed by atoms with Crippen molar-refractivity contribution in [1.29, 1.82) is 0 Å². The summed E-state index contributed by atoms with van der Waals surface area (Å²) in [5.74, 6) is -0.402. The number of benzene rings is 1. The summed E-state index contributed by atoms with van der Waals surface area (Å²) in [5, 5.41) is 4.93. The molecule has 0 aliphatic carbocycles. The molecular formula is C28H39N5O5S. The number of hydrogen-bond donors (Lipinski definition) is 0. The second kappa shape index (κ2) is 10.9. The highest BCUT2D eigenvalue weighted by Crippen LogP contribution is 2.42. The van der Waals surface area contributed by atoms with E-state index in [0.717, 1.165) is 57.8 Å². The second-order valence-corrected chi connectivity index (χ2v) is 13.4. The van der Waals surface area contributed by atoms with Crippen LogP contribution in [0.3, 0.4) is 0 Å². The molecule has 0 unspecified atom stereocenters. The third kappa shape index (κ3) is 5.39. The highest BCUT2D eigenvalue weighted by Gasteiger charge is 2.39. The third-order valence-electron chi connectivity index (χ3n) is 8.38. The van der Waals surface area contributed by atoms with Crippen LogP contribution in [0.15, 0.2) is 29.2 Å². The number of nitrogens with zero attached hydrogens (tertiary/aromatic N) is 5. The van der Waals surface area contributed by atoms with E-state index in [4.69, 9.17) is 14.6 Å². The van der Waals surface area contributed by atoms with Gasteiger partial charge in [-0.15, -0.1) is 0 Å². The van der Waals surface area contributed by atoms with Gasteiger partial charge < -0.3 is 14.4 Å². The minimum atomic E-state index is -3.58. The number of fused-ring (bicyclic) bond motifs is 3. The van der Waals surface area contributed by atoms with Crippen molar-refractivity contribution in [3.05, 3.63) is 35.5 Å². The van der Waals surface area contributed by atoms with Crippen LogP contribution in [0.1, 0.15) is 48.8 Å². The van der Waals surface area contributed by atoms with Crippen molar-refractivity contribution in [2.75, 3.05) is 65.6 Å². The lowest BCUT2D eigenvalue weighted by Crippen LogP contribution is -2.49. The van der Waals surface area contributed by atoms with Crippen LogP contribution in [0.5, 0.6) is 0 Å². The van der Waals surface area contributed by atoms with E-state index in [1.165, 1.54) is 0 Å². The Morgan fingerprint density at radius 3 is 2.49 bits per heavy atom. The molecule has 0 radical (unpaired) electrons. The number of rotatable bonds is 5. The minimum Gasteiger partial charge on any atom is -0.378 e. The number of amides is 1. The zero-order valence-corrected chi connectivity index (χ0v) is 23.7. The fourth-order valence-corrected chi connectivity index (χ4v) is 8.22. The monoisotopic (exact) mass is 557 g/mol. The van der Waals surface area contributed by atoms with E-state index in [2.05, 4.69) is 23.6 Å². The molecule has 6 rings (SSSR count). The summed E-state index contributed by atoms with van der Waals surface area (Å²) in [4.78, 5) is 20.7. The number of hydrogen-bond acceptors (Lipinski definition) is 8. The van der Waals surface area contributed by atoms with Crippen molar-refractivity contribution in [3.63, 3.8) is 0 Å². The molecule has 3 saturated heterocycles. The van der Waals surface area contributed by atoms with Crippen LogP contribution < -0.4 is 0 Å². The van der Waals surface area contributed by atoms with Gasteiger partial charge in [0.15, 0.2) is 15.5 Å². The van der Waals surface area contributed by atoms with E-state index in [-0.39, 0.29) is 35.6 Å². The molecule has 0 spiro atoms. The van der Waals surface area contributed by atoms with Crippen LogP contribution in [-0.2, 0) is 25.1 Å². The molecule has 4 aliphatic rings. The highest BCUT2D eigenvalue weighted by molar-refractivity contribution is 7.90. The molecule has 1 aromatic heterocycles. The number of likely N-dealkylation sites (tertiary alicyclic amines) is 1. The zero-order valence-electron chi connectivity index (χ0n) is 22.9. The van der Waals surface area contributed by atoms with Crippen LogP contribution >= 0.6 is 0 Å². The Bertz CT molecular complexity index is 1310. The number of morpholine rings is 2. The molecule has 1 aromatic carbocycles. The third-order valence-corrected chi connectivity index (χ3v) is 10.1. The van der Waals surface area contributed by atoms with Gasteiger partial charge in [-0.1, -0.05) is 18.2 Å². The van der Waals surface area contributed by atoms with E-state index in [0.29, 0.717) is 42.3 Å². The molecule has 5 heterocycles.